The number of hydrogen-bond acceptors (Lipinski definition) is 4. The summed E-state index contributed by atoms with van der Waals surface area (Å²) in [5.41, 5.74) is 2.64. The van der Waals surface area contributed by atoms with E-state index in [1.54, 1.807) is 17.1 Å². The Bertz CT molecular complexity index is 663. The molecule has 1 aliphatic rings. The summed E-state index contributed by atoms with van der Waals surface area (Å²) in [5, 5.41) is 4.61. The molecule has 6 nitrogen and oxygen atoms in total. The quantitative estimate of drug-likeness (QED) is 0.843. The Morgan fingerprint density at radius 1 is 1.33 bits per heavy atom. The maximum atomic E-state index is 12.2. The third-order valence-electron chi connectivity index (χ3n) is 4.10. The lowest BCUT2D eigenvalue weighted by atomic mass is 9.93. The number of nitrogens with zero attached hydrogens (tertiary/aromatic N) is 5. The summed E-state index contributed by atoms with van der Waals surface area (Å²) in [6.45, 7) is 5.49. The van der Waals surface area contributed by atoms with Crippen LogP contribution in [-0.2, 0) is 11.8 Å². The van der Waals surface area contributed by atoms with Crippen LogP contribution in [0.3, 0.4) is 0 Å². The number of fused-ring (bicyclic) bond motifs is 1. The van der Waals surface area contributed by atoms with Gasteiger partial charge in [0.25, 0.3) is 0 Å². The van der Waals surface area contributed by atoms with E-state index in [9.17, 15) is 4.79 Å². The number of aromatic nitrogens is 4. The van der Waals surface area contributed by atoms with Crippen LogP contribution < -0.4 is 0 Å². The van der Waals surface area contributed by atoms with Crippen LogP contribution >= 0.6 is 0 Å². The Balaban J connectivity index is 1.90. The first kappa shape index (κ1) is 14.0. The fraction of sp³-hybridized carbons (Fsp3) is 0.600. The van der Waals surface area contributed by atoms with Gasteiger partial charge >= 0.3 is 0 Å². The number of aryl methyl sites for hydroxylation is 1. The second-order valence-corrected chi connectivity index (χ2v) is 6.02. The molecule has 0 saturated carbocycles. The Morgan fingerprint density at radius 3 is 2.86 bits per heavy atom. The number of likely N-dealkylation sites (tertiary alicyclic amines) is 1. The molecule has 0 bridgehead atoms. The van der Waals surface area contributed by atoms with Crippen LogP contribution in [-0.4, -0.2) is 43.6 Å². The first-order valence-corrected chi connectivity index (χ1v) is 7.50. The van der Waals surface area contributed by atoms with E-state index in [0.29, 0.717) is 0 Å². The molecule has 1 saturated heterocycles. The van der Waals surface area contributed by atoms with Crippen molar-refractivity contribution in [2.24, 2.45) is 13.0 Å². The zero-order valence-corrected chi connectivity index (χ0v) is 12.8. The van der Waals surface area contributed by atoms with Gasteiger partial charge in [-0.15, -0.1) is 0 Å². The highest BCUT2D eigenvalue weighted by Gasteiger charge is 2.29. The van der Waals surface area contributed by atoms with Crippen molar-refractivity contribution in [3.8, 4) is 0 Å². The summed E-state index contributed by atoms with van der Waals surface area (Å²) in [6.07, 6.45) is 5.45. The lowest BCUT2D eigenvalue weighted by Gasteiger charge is -2.33. The molecule has 0 radical (unpaired) electrons. The van der Waals surface area contributed by atoms with Crippen molar-refractivity contribution in [3.05, 3.63) is 18.1 Å². The largest absolute Gasteiger partial charge is 0.342 e. The first-order chi connectivity index (χ1) is 10.1. The first-order valence-electron chi connectivity index (χ1n) is 7.50. The van der Waals surface area contributed by atoms with Gasteiger partial charge in [0.15, 0.2) is 5.65 Å². The van der Waals surface area contributed by atoms with Crippen LogP contribution in [0.25, 0.3) is 11.2 Å². The summed E-state index contributed by atoms with van der Waals surface area (Å²) in [4.78, 5) is 23.0. The topological polar surface area (TPSA) is 63.9 Å². The fourth-order valence-electron chi connectivity index (χ4n) is 3.05. The zero-order chi connectivity index (χ0) is 15.0. The minimum absolute atomic E-state index is 0.0454. The van der Waals surface area contributed by atoms with Crippen molar-refractivity contribution in [3.63, 3.8) is 0 Å². The minimum Gasteiger partial charge on any atom is -0.342 e. The van der Waals surface area contributed by atoms with Crippen LogP contribution in [0.2, 0.25) is 0 Å². The highest BCUT2D eigenvalue weighted by molar-refractivity contribution is 5.78. The van der Waals surface area contributed by atoms with Gasteiger partial charge < -0.3 is 4.90 Å². The summed E-state index contributed by atoms with van der Waals surface area (Å²) >= 11 is 0. The van der Waals surface area contributed by atoms with Crippen molar-refractivity contribution in [2.75, 3.05) is 13.1 Å². The monoisotopic (exact) mass is 287 g/mol. The molecule has 1 atom stereocenters. The standard InChI is InChI=1S/C15H21N5O/c1-10(2)15(21)20-8-4-5-11(9-20)12-13-14(19(3)18-12)17-7-6-16-13/h6-7,10-11H,4-5,8-9H2,1-3H3/t11-/m0/s1. The smallest absolute Gasteiger partial charge is 0.225 e. The van der Waals surface area contributed by atoms with Crippen LogP contribution in [0.1, 0.15) is 38.3 Å². The second kappa shape index (κ2) is 5.42. The Morgan fingerprint density at radius 2 is 2.10 bits per heavy atom. The number of carbonyl (C=O) groups excluding carboxylic acids is 1. The molecule has 21 heavy (non-hydrogen) atoms. The van der Waals surface area contributed by atoms with Gasteiger partial charge in [0.1, 0.15) is 5.52 Å². The average molecular weight is 287 g/mol. The van der Waals surface area contributed by atoms with Crippen molar-refractivity contribution < 1.29 is 4.79 Å². The van der Waals surface area contributed by atoms with Gasteiger partial charge in [0.2, 0.25) is 5.91 Å². The molecule has 2 aromatic rings. The van der Waals surface area contributed by atoms with Crippen molar-refractivity contribution in [1.82, 2.24) is 24.6 Å². The van der Waals surface area contributed by atoms with Gasteiger partial charge in [-0.3, -0.25) is 4.79 Å². The Hall–Kier alpha value is -1.98. The van der Waals surface area contributed by atoms with Gasteiger partial charge in [-0.1, -0.05) is 13.8 Å². The maximum absolute atomic E-state index is 12.2. The van der Waals surface area contributed by atoms with Crippen molar-refractivity contribution in [2.45, 2.75) is 32.6 Å². The Kier molecular flexibility index (Phi) is 3.61. The molecule has 0 spiro atoms. The van der Waals surface area contributed by atoms with Gasteiger partial charge in [0.05, 0.1) is 5.69 Å². The molecule has 1 amide bonds. The van der Waals surface area contributed by atoms with E-state index in [1.807, 2.05) is 25.8 Å². The van der Waals surface area contributed by atoms with E-state index in [-0.39, 0.29) is 17.7 Å². The molecule has 112 valence electrons. The minimum atomic E-state index is 0.0454. The summed E-state index contributed by atoms with van der Waals surface area (Å²) in [5.74, 6) is 0.525. The van der Waals surface area contributed by atoms with Crippen molar-refractivity contribution >= 4 is 17.1 Å². The molecule has 3 rings (SSSR count). The van der Waals surface area contributed by atoms with Gasteiger partial charge in [0, 0.05) is 44.4 Å². The number of carbonyl (C=O) groups is 1. The van der Waals surface area contributed by atoms with E-state index in [0.717, 1.165) is 42.8 Å². The van der Waals surface area contributed by atoms with E-state index in [4.69, 9.17) is 0 Å². The molecule has 0 N–H and O–H groups in total. The molecule has 2 aromatic heterocycles. The molecule has 1 fully saturated rings. The molecular formula is C15H21N5O. The normalized spacial score (nSPS) is 19.4. The number of piperidine rings is 1. The fourth-order valence-corrected chi connectivity index (χ4v) is 3.05. The summed E-state index contributed by atoms with van der Waals surface area (Å²) in [7, 11) is 1.89. The molecule has 0 aliphatic carbocycles. The lowest BCUT2D eigenvalue weighted by Crippen LogP contribution is -2.41. The third-order valence-corrected chi connectivity index (χ3v) is 4.10. The number of hydrogen-bond donors (Lipinski definition) is 0. The van der Waals surface area contributed by atoms with Crippen LogP contribution in [0.15, 0.2) is 12.4 Å². The highest BCUT2D eigenvalue weighted by atomic mass is 16.2. The molecule has 0 unspecified atom stereocenters. The summed E-state index contributed by atoms with van der Waals surface area (Å²) < 4.78 is 1.78. The van der Waals surface area contributed by atoms with E-state index < -0.39 is 0 Å². The van der Waals surface area contributed by atoms with Gasteiger partial charge in [-0.25, -0.2) is 14.6 Å². The zero-order valence-electron chi connectivity index (χ0n) is 12.8. The van der Waals surface area contributed by atoms with E-state index in [1.165, 1.54) is 0 Å². The van der Waals surface area contributed by atoms with E-state index in [2.05, 4.69) is 15.1 Å². The molecule has 0 aromatic carbocycles. The van der Waals surface area contributed by atoms with E-state index >= 15 is 0 Å². The summed E-state index contributed by atoms with van der Waals surface area (Å²) in [6, 6.07) is 0. The Labute approximate surface area is 124 Å². The predicted molar refractivity (Wildman–Crippen MR) is 79.7 cm³/mol. The predicted octanol–water partition coefficient (Wildman–Crippen LogP) is 1.73. The lowest BCUT2D eigenvalue weighted by molar-refractivity contribution is -0.135. The second-order valence-electron chi connectivity index (χ2n) is 6.02. The molecule has 3 heterocycles. The van der Waals surface area contributed by atoms with Crippen LogP contribution in [0.4, 0.5) is 0 Å². The maximum Gasteiger partial charge on any atom is 0.225 e. The SMILES string of the molecule is CC(C)C(=O)N1CCC[C@H](c2nn(C)c3nccnc23)C1. The van der Waals surface area contributed by atoms with Gasteiger partial charge in [-0.05, 0) is 12.8 Å². The number of rotatable bonds is 2. The molecule has 6 heteroatoms. The van der Waals surface area contributed by atoms with Crippen LogP contribution in [0.5, 0.6) is 0 Å². The molecular weight excluding hydrogens is 266 g/mol. The number of amides is 1. The average Bonchev–Trinajstić information content (AvgIpc) is 2.84. The van der Waals surface area contributed by atoms with Gasteiger partial charge in [-0.2, -0.15) is 5.10 Å². The third kappa shape index (κ3) is 2.50. The van der Waals surface area contributed by atoms with Crippen molar-refractivity contribution in [1.29, 1.82) is 0 Å². The van der Waals surface area contributed by atoms with Crippen LogP contribution in [0, 0.1) is 5.92 Å². The highest BCUT2D eigenvalue weighted by Crippen LogP contribution is 2.30. The molecule has 1 aliphatic heterocycles.